The van der Waals surface area contributed by atoms with Crippen LogP contribution >= 0.6 is 0 Å². The number of amides is 2. The Bertz CT molecular complexity index is 1050. The van der Waals surface area contributed by atoms with Crippen molar-refractivity contribution in [3.63, 3.8) is 0 Å². The molecule has 2 amide bonds. The van der Waals surface area contributed by atoms with Gasteiger partial charge in [0.25, 0.3) is 0 Å². The van der Waals surface area contributed by atoms with E-state index < -0.39 is 11.8 Å². The number of morpholine rings is 1. The SMILES string of the molecule is COc1cccc(CNC(=O)Nc2cc(F)c3nc(N4CCOCC4)ccc3c2)c1. The van der Waals surface area contributed by atoms with Gasteiger partial charge in [-0.2, -0.15) is 0 Å². The lowest BCUT2D eigenvalue weighted by atomic mass is 10.2. The number of fused-ring (bicyclic) bond motifs is 1. The molecule has 0 radical (unpaired) electrons. The van der Waals surface area contributed by atoms with E-state index in [1.54, 1.807) is 13.2 Å². The monoisotopic (exact) mass is 410 g/mol. The first-order chi connectivity index (χ1) is 14.6. The summed E-state index contributed by atoms with van der Waals surface area (Å²) in [5.74, 6) is 0.961. The van der Waals surface area contributed by atoms with Gasteiger partial charge in [-0.15, -0.1) is 0 Å². The molecule has 0 aliphatic carbocycles. The third kappa shape index (κ3) is 4.60. The summed E-state index contributed by atoms with van der Waals surface area (Å²) >= 11 is 0. The number of nitrogens with zero attached hydrogens (tertiary/aromatic N) is 2. The summed E-state index contributed by atoms with van der Waals surface area (Å²) in [7, 11) is 1.59. The second-order valence-corrected chi connectivity index (χ2v) is 6.96. The predicted octanol–water partition coefficient (Wildman–Crippen LogP) is 3.54. The Balaban J connectivity index is 1.44. The quantitative estimate of drug-likeness (QED) is 0.673. The van der Waals surface area contributed by atoms with Crippen molar-refractivity contribution in [2.45, 2.75) is 6.54 Å². The molecule has 0 bridgehead atoms. The van der Waals surface area contributed by atoms with Gasteiger partial charge in [0.1, 0.15) is 17.1 Å². The highest BCUT2D eigenvalue weighted by Gasteiger charge is 2.15. The van der Waals surface area contributed by atoms with Crippen molar-refractivity contribution in [3.05, 3.63) is 59.9 Å². The van der Waals surface area contributed by atoms with Crippen LogP contribution in [0.1, 0.15) is 5.56 Å². The first kappa shape index (κ1) is 19.9. The van der Waals surface area contributed by atoms with Crippen LogP contribution in [0, 0.1) is 5.82 Å². The number of rotatable bonds is 5. The van der Waals surface area contributed by atoms with Crippen LogP contribution in [-0.4, -0.2) is 44.4 Å². The lowest BCUT2D eigenvalue weighted by molar-refractivity contribution is 0.122. The van der Waals surface area contributed by atoms with Crippen molar-refractivity contribution in [1.29, 1.82) is 0 Å². The lowest BCUT2D eigenvalue weighted by Gasteiger charge is -2.28. The summed E-state index contributed by atoms with van der Waals surface area (Å²) in [6.07, 6.45) is 0. The Kier molecular flexibility index (Phi) is 5.94. The zero-order valence-electron chi connectivity index (χ0n) is 16.7. The molecule has 0 spiro atoms. The zero-order valence-corrected chi connectivity index (χ0v) is 16.7. The van der Waals surface area contributed by atoms with Gasteiger partial charge in [0, 0.05) is 30.7 Å². The van der Waals surface area contributed by atoms with Gasteiger partial charge in [-0.05, 0) is 42.0 Å². The highest BCUT2D eigenvalue weighted by Crippen LogP contribution is 2.25. The van der Waals surface area contributed by atoms with Crippen molar-refractivity contribution in [3.8, 4) is 5.75 Å². The van der Waals surface area contributed by atoms with Crippen LogP contribution in [0.15, 0.2) is 48.5 Å². The maximum atomic E-state index is 14.7. The molecule has 30 heavy (non-hydrogen) atoms. The van der Waals surface area contributed by atoms with Crippen LogP contribution in [0.3, 0.4) is 0 Å². The molecule has 0 saturated carbocycles. The average molecular weight is 410 g/mol. The summed E-state index contributed by atoms with van der Waals surface area (Å²) in [5.41, 5.74) is 1.54. The molecule has 2 N–H and O–H groups in total. The Labute approximate surface area is 173 Å². The molecule has 1 fully saturated rings. The number of carbonyl (C=O) groups excluding carboxylic acids is 1. The molecular formula is C22H23FN4O3. The predicted molar refractivity (Wildman–Crippen MR) is 114 cm³/mol. The van der Waals surface area contributed by atoms with E-state index in [0.29, 0.717) is 30.8 Å². The Morgan fingerprint density at radius 1 is 1.20 bits per heavy atom. The molecule has 1 aliphatic heterocycles. The number of anilines is 2. The van der Waals surface area contributed by atoms with E-state index in [0.717, 1.165) is 30.2 Å². The summed E-state index contributed by atoms with van der Waals surface area (Å²) in [4.78, 5) is 18.8. The third-order valence-electron chi connectivity index (χ3n) is 4.91. The van der Waals surface area contributed by atoms with Crippen molar-refractivity contribution < 1.29 is 18.7 Å². The number of benzene rings is 2. The average Bonchev–Trinajstić information content (AvgIpc) is 2.78. The number of methoxy groups -OCH3 is 1. The van der Waals surface area contributed by atoms with Crippen molar-refractivity contribution >= 4 is 28.4 Å². The largest absolute Gasteiger partial charge is 0.497 e. The maximum absolute atomic E-state index is 14.7. The number of aromatic nitrogens is 1. The van der Waals surface area contributed by atoms with Gasteiger partial charge in [0.15, 0.2) is 5.82 Å². The molecule has 0 unspecified atom stereocenters. The van der Waals surface area contributed by atoms with Crippen LogP contribution in [0.4, 0.5) is 20.7 Å². The van der Waals surface area contributed by atoms with Crippen molar-refractivity contribution in [1.82, 2.24) is 10.3 Å². The Morgan fingerprint density at radius 2 is 2.03 bits per heavy atom. The highest BCUT2D eigenvalue weighted by molar-refractivity contribution is 5.93. The number of nitrogens with one attached hydrogen (secondary N) is 2. The minimum absolute atomic E-state index is 0.279. The molecule has 0 atom stereocenters. The van der Waals surface area contributed by atoms with E-state index in [4.69, 9.17) is 9.47 Å². The van der Waals surface area contributed by atoms with Gasteiger partial charge in [0.05, 0.1) is 20.3 Å². The summed E-state index contributed by atoms with van der Waals surface area (Å²) < 4.78 is 25.2. The van der Waals surface area contributed by atoms with Crippen LogP contribution in [-0.2, 0) is 11.3 Å². The number of hydrogen-bond donors (Lipinski definition) is 2. The molecule has 2 aromatic carbocycles. The van der Waals surface area contributed by atoms with E-state index in [2.05, 4.69) is 20.5 Å². The molecule has 1 aliphatic rings. The standard InChI is InChI=1S/C22H23FN4O3/c1-29-18-4-2-3-15(11-18)14-24-22(28)25-17-12-16-5-6-20(26-21(16)19(23)13-17)27-7-9-30-10-8-27/h2-6,11-13H,7-10,14H2,1H3,(H2,24,25,28). The van der Waals surface area contributed by atoms with Crippen molar-refractivity contribution in [2.75, 3.05) is 43.6 Å². The highest BCUT2D eigenvalue weighted by atomic mass is 19.1. The second-order valence-electron chi connectivity index (χ2n) is 6.96. The Hall–Kier alpha value is -3.39. The molecule has 2 heterocycles. The van der Waals surface area contributed by atoms with Crippen LogP contribution in [0.2, 0.25) is 0 Å². The fourth-order valence-corrected chi connectivity index (χ4v) is 3.36. The van der Waals surface area contributed by atoms with Gasteiger partial charge in [-0.25, -0.2) is 14.2 Å². The van der Waals surface area contributed by atoms with Crippen LogP contribution in [0.25, 0.3) is 10.9 Å². The van der Waals surface area contributed by atoms with Crippen molar-refractivity contribution in [2.24, 2.45) is 0 Å². The van der Waals surface area contributed by atoms with Crippen LogP contribution in [0.5, 0.6) is 5.75 Å². The van der Waals surface area contributed by atoms with Gasteiger partial charge in [-0.1, -0.05) is 12.1 Å². The molecule has 1 aromatic heterocycles. The normalized spacial score (nSPS) is 13.9. The topological polar surface area (TPSA) is 75.7 Å². The Morgan fingerprint density at radius 3 is 2.83 bits per heavy atom. The van der Waals surface area contributed by atoms with Gasteiger partial charge in [0.2, 0.25) is 0 Å². The number of ether oxygens (including phenoxy) is 2. The van der Waals surface area contributed by atoms with Crippen LogP contribution < -0.4 is 20.3 Å². The number of hydrogen-bond acceptors (Lipinski definition) is 5. The number of halogens is 1. The van der Waals surface area contributed by atoms with Gasteiger partial charge < -0.3 is 25.0 Å². The van der Waals surface area contributed by atoms with Gasteiger partial charge in [-0.3, -0.25) is 0 Å². The molecule has 7 nitrogen and oxygen atoms in total. The molecule has 8 heteroatoms. The molecule has 1 saturated heterocycles. The summed E-state index contributed by atoms with van der Waals surface area (Å²) in [5, 5.41) is 6.05. The first-order valence-corrected chi connectivity index (χ1v) is 9.73. The number of carbonyl (C=O) groups is 1. The number of urea groups is 1. The molecule has 4 rings (SSSR count). The molecular weight excluding hydrogens is 387 g/mol. The van der Waals surface area contributed by atoms with E-state index in [1.807, 2.05) is 36.4 Å². The van der Waals surface area contributed by atoms with Gasteiger partial charge >= 0.3 is 6.03 Å². The lowest BCUT2D eigenvalue weighted by Crippen LogP contribution is -2.36. The third-order valence-corrected chi connectivity index (χ3v) is 4.91. The fourth-order valence-electron chi connectivity index (χ4n) is 3.36. The van der Waals surface area contributed by atoms with E-state index >= 15 is 0 Å². The van der Waals surface area contributed by atoms with E-state index in [9.17, 15) is 9.18 Å². The summed E-state index contributed by atoms with van der Waals surface area (Å²) in [6.45, 7) is 3.05. The smallest absolute Gasteiger partial charge is 0.319 e. The maximum Gasteiger partial charge on any atom is 0.319 e. The zero-order chi connectivity index (χ0) is 20.9. The second kappa shape index (κ2) is 8.96. The molecule has 156 valence electrons. The minimum Gasteiger partial charge on any atom is -0.497 e. The fraction of sp³-hybridized carbons (Fsp3) is 0.273. The number of pyridine rings is 1. The summed E-state index contributed by atoms with van der Waals surface area (Å²) in [6, 6.07) is 13.7. The minimum atomic E-state index is -0.481. The molecule has 3 aromatic rings. The van der Waals surface area contributed by atoms with E-state index in [1.165, 1.54) is 6.07 Å². The first-order valence-electron chi connectivity index (χ1n) is 9.73. The van der Waals surface area contributed by atoms with E-state index in [-0.39, 0.29) is 5.52 Å².